The van der Waals surface area contributed by atoms with E-state index in [4.69, 9.17) is 16.3 Å². The van der Waals surface area contributed by atoms with E-state index in [-0.39, 0.29) is 17.6 Å². The van der Waals surface area contributed by atoms with Crippen LogP contribution in [0.5, 0.6) is 5.88 Å². The third-order valence-electron chi connectivity index (χ3n) is 1.80. The summed E-state index contributed by atoms with van der Waals surface area (Å²) in [7, 11) is 0. The molecule has 0 aromatic carbocycles. The van der Waals surface area contributed by atoms with E-state index >= 15 is 0 Å². The molecule has 1 rings (SSSR count). The van der Waals surface area contributed by atoms with Crippen molar-refractivity contribution in [1.29, 1.82) is 0 Å². The van der Waals surface area contributed by atoms with E-state index in [1.807, 2.05) is 13.8 Å². The molecule has 0 saturated heterocycles. The molecular formula is C10H16ClN3O2. The van der Waals surface area contributed by atoms with E-state index in [1.165, 1.54) is 12.4 Å². The number of hydrogen-bond acceptors (Lipinski definition) is 5. The summed E-state index contributed by atoms with van der Waals surface area (Å²) in [5.74, 6) is 0.243. The van der Waals surface area contributed by atoms with Gasteiger partial charge in [0, 0.05) is 25.0 Å². The minimum Gasteiger partial charge on any atom is -0.473 e. The van der Waals surface area contributed by atoms with Gasteiger partial charge in [-0.15, -0.1) is 0 Å². The Bertz CT molecular complexity index is 323. The fourth-order valence-electron chi connectivity index (χ4n) is 1.01. The normalized spacial score (nSPS) is 12.8. The van der Waals surface area contributed by atoms with Crippen molar-refractivity contribution in [3.8, 4) is 5.88 Å². The highest BCUT2D eigenvalue weighted by Crippen LogP contribution is 2.16. The summed E-state index contributed by atoms with van der Waals surface area (Å²) in [5.41, 5.74) is 0. The molecule has 1 heterocycles. The van der Waals surface area contributed by atoms with Crippen LogP contribution in [0.25, 0.3) is 0 Å². The second-order valence-corrected chi connectivity index (χ2v) is 4.04. The number of nitrogens with zero attached hydrogens (tertiary/aromatic N) is 2. The molecule has 1 aromatic heterocycles. The Kier molecular flexibility index (Phi) is 5.45. The van der Waals surface area contributed by atoms with Gasteiger partial charge in [0.1, 0.15) is 12.7 Å². The third kappa shape index (κ3) is 4.74. The van der Waals surface area contributed by atoms with Gasteiger partial charge in [0.15, 0.2) is 5.15 Å². The number of hydrogen-bond donors (Lipinski definition) is 2. The minimum absolute atomic E-state index is 0.137. The van der Waals surface area contributed by atoms with Crippen molar-refractivity contribution in [3.63, 3.8) is 0 Å². The summed E-state index contributed by atoms with van der Waals surface area (Å²) < 4.78 is 5.24. The van der Waals surface area contributed by atoms with Crippen LogP contribution in [0.1, 0.15) is 13.8 Å². The number of aliphatic hydroxyl groups is 1. The molecule has 0 fully saturated rings. The van der Waals surface area contributed by atoms with E-state index in [9.17, 15) is 5.11 Å². The molecule has 16 heavy (non-hydrogen) atoms. The van der Waals surface area contributed by atoms with Crippen LogP contribution < -0.4 is 10.1 Å². The van der Waals surface area contributed by atoms with Crippen molar-refractivity contribution in [2.24, 2.45) is 0 Å². The maximum atomic E-state index is 9.57. The van der Waals surface area contributed by atoms with Crippen molar-refractivity contribution < 1.29 is 9.84 Å². The highest BCUT2D eigenvalue weighted by atomic mass is 35.5. The zero-order valence-electron chi connectivity index (χ0n) is 9.35. The van der Waals surface area contributed by atoms with Crippen molar-refractivity contribution >= 4 is 11.6 Å². The predicted molar refractivity (Wildman–Crippen MR) is 61.7 cm³/mol. The summed E-state index contributed by atoms with van der Waals surface area (Å²) in [6.45, 7) is 4.62. The Labute approximate surface area is 99.8 Å². The zero-order chi connectivity index (χ0) is 12.0. The van der Waals surface area contributed by atoms with Gasteiger partial charge in [0.2, 0.25) is 0 Å². The quantitative estimate of drug-likeness (QED) is 0.779. The molecule has 0 spiro atoms. The lowest BCUT2D eigenvalue weighted by atomic mass is 10.3. The highest BCUT2D eigenvalue weighted by molar-refractivity contribution is 6.30. The van der Waals surface area contributed by atoms with Crippen molar-refractivity contribution in [3.05, 3.63) is 17.5 Å². The van der Waals surface area contributed by atoms with Gasteiger partial charge in [-0.3, -0.25) is 0 Å². The lowest BCUT2D eigenvalue weighted by molar-refractivity contribution is 0.102. The van der Waals surface area contributed by atoms with E-state index in [0.29, 0.717) is 12.6 Å². The van der Waals surface area contributed by atoms with Crippen molar-refractivity contribution in [1.82, 2.24) is 15.3 Å². The maximum Gasteiger partial charge on any atom is 0.252 e. The van der Waals surface area contributed by atoms with Gasteiger partial charge >= 0.3 is 0 Å². The molecule has 0 aliphatic heterocycles. The van der Waals surface area contributed by atoms with Crippen LogP contribution in [-0.4, -0.2) is 40.4 Å². The number of ether oxygens (including phenoxy) is 1. The van der Waals surface area contributed by atoms with Gasteiger partial charge in [-0.2, -0.15) is 0 Å². The van der Waals surface area contributed by atoms with Crippen molar-refractivity contribution in [2.75, 3.05) is 13.2 Å². The Morgan fingerprint density at radius 3 is 2.75 bits per heavy atom. The summed E-state index contributed by atoms with van der Waals surface area (Å²) in [6.07, 6.45) is 2.37. The van der Waals surface area contributed by atoms with Gasteiger partial charge in [0.05, 0.1) is 0 Å². The number of rotatable bonds is 6. The second kappa shape index (κ2) is 6.62. The molecule has 1 atom stereocenters. The van der Waals surface area contributed by atoms with Crippen LogP contribution in [0.3, 0.4) is 0 Å². The first-order valence-electron chi connectivity index (χ1n) is 5.10. The van der Waals surface area contributed by atoms with Crippen LogP contribution >= 0.6 is 11.6 Å². The third-order valence-corrected chi connectivity index (χ3v) is 2.06. The van der Waals surface area contributed by atoms with Crippen LogP contribution in [-0.2, 0) is 0 Å². The largest absolute Gasteiger partial charge is 0.473 e. The predicted octanol–water partition coefficient (Wildman–Crippen LogP) is 0.868. The van der Waals surface area contributed by atoms with Gasteiger partial charge in [-0.05, 0) is 0 Å². The molecule has 0 radical (unpaired) electrons. The molecule has 5 nitrogen and oxygen atoms in total. The van der Waals surface area contributed by atoms with E-state index in [0.717, 1.165) is 0 Å². The van der Waals surface area contributed by atoms with Crippen LogP contribution in [0, 0.1) is 0 Å². The molecule has 1 aromatic rings. The van der Waals surface area contributed by atoms with Crippen LogP contribution in [0.15, 0.2) is 12.4 Å². The summed E-state index contributed by atoms with van der Waals surface area (Å²) in [6, 6.07) is 0.328. The monoisotopic (exact) mass is 245 g/mol. The average Bonchev–Trinajstić information content (AvgIpc) is 2.25. The Balaban J connectivity index is 2.31. The first-order valence-corrected chi connectivity index (χ1v) is 5.48. The number of aromatic nitrogens is 2. The zero-order valence-corrected chi connectivity index (χ0v) is 10.1. The SMILES string of the molecule is CC(C)NCC(O)COc1nccnc1Cl. The molecular weight excluding hydrogens is 230 g/mol. The highest BCUT2D eigenvalue weighted by Gasteiger charge is 2.08. The number of aliphatic hydroxyl groups excluding tert-OH is 1. The van der Waals surface area contributed by atoms with Crippen LogP contribution in [0.2, 0.25) is 5.15 Å². The lowest BCUT2D eigenvalue weighted by Crippen LogP contribution is -2.35. The van der Waals surface area contributed by atoms with Gasteiger partial charge in [-0.25, -0.2) is 9.97 Å². The summed E-state index contributed by atoms with van der Waals surface area (Å²) in [5, 5.41) is 12.9. The Hall–Kier alpha value is -0.910. The Morgan fingerprint density at radius 1 is 1.44 bits per heavy atom. The van der Waals surface area contributed by atoms with Crippen LogP contribution in [0.4, 0.5) is 0 Å². The molecule has 0 bridgehead atoms. The van der Waals surface area contributed by atoms with Crippen molar-refractivity contribution in [2.45, 2.75) is 26.0 Å². The molecule has 0 amide bonds. The first-order chi connectivity index (χ1) is 7.59. The number of nitrogens with one attached hydrogen (secondary N) is 1. The molecule has 0 aliphatic rings. The smallest absolute Gasteiger partial charge is 0.252 e. The lowest BCUT2D eigenvalue weighted by Gasteiger charge is -2.14. The fourth-order valence-corrected chi connectivity index (χ4v) is 1.17. The Morgan fingerprint density at radius 2 is 2.12 bits per heavy atom. The summed E-state index contributed by atoms with van der Waals surface area (Å²) >= 11 is 5.74. The second-order valence-electron chi connectivity index (χ2n) is 3.68. The van der Waals surface area contributed by atoms with E-state index < -0.39 is 6.10 Å². The van der Waals surface area contributed by atoms with Gasteiger partial charge in [0.25, 0.3) is 5.88 Å². The maximum absolute atomic E-state index is 9.57. The molecule has 1 unspecified atom stereocenters. The molecule has 6 heteroatoms. The molecule has 0 aliphatic carbocycles. The first kappa shape index (κ1) is 13.2. The van der Waals surface area contributed by atoms with Gasteiger partial charge < -0.3 is 15.2 Å². The minimum atomic E-state index is -0.597. The van der Waals surface area contributed by atoms with E-state index in [2.05, 4.69) is 15.3 Å². The summed E-state index contributed by atoms with van der Waals surface area (Å²) in [4.78, 5) is 7.71. The number of halogens is 1. The molecule has 2 N–H and O–H groups in total. The topological polar surface area (TPSA) is 67.3 Å². The fraction of sp³-hybridized carbons (Fsp3) is 0.600. The van der Waals surface area contributed by atoms with E-state index in [1.54, 1.807) is 0 Å². The standard InChI is InChI=1S/C10H16ClN3O2/c1-7(2)14-5-8(15)6-16-10-9(11)12-3-4-13-10/h3-4,7-8,14-15H,5-6H2,1-2H3. The average molecular weight is 246 g/mol. The molecule has 0 saturated carbocycles. The van der Waals surface area contributed by atoms with Gasteiger partial charge in [-0.1, -0.05) is 25.4 Å². The molecule has 90 valence electrons.